The molecule has 3 rings (SSSR count). The second kappa shape index (κ2) is 4.67. The number of aromatic hydroxyl groups is 1. The fourth-order valence-corrected chi connectivity index (χ4v) is 2.12. The Morgan fingerprint density at radius 3 is 2.90 bits per heavy atom. The lowest BCUT2D eigenvalue weighted by molar-refractivity contribution is -0.146. The van der Waals surface area contributed by atoms with Gasteiger partial charge in [0.1, 0.15) is 17.9 Å². The van der Waals surface area contributed by atoms with Crippen molar-refractivity contribution in [3.63, 3.8) is 0 Å². The summed E-state index contributed by atoms with van der Waals surface area (Å²) in [6, 6.07) is 4.50. The number of hydrogen-bond acceptors (Lipinski definition) is 5. The van der Waals surface area contributed by atoms with Gasteiger partial charge in [0.25, 0.3) is 0 Å². The molecule has 0 radical (unpaired) electrons. The third-order valence-electron chi connectivity index (χ3n) is 3.50. The zero-order valence-corrected chi connectivity index (χ0v) is 11.0. The van der Waals surface area contributed by atoms with Crippen LogP contribution in [0, 0.1) is 12.8 Å². The lowest BCUT2D eigenvalue weighted by Gasteiger charge is -2.08. The molecule has 5 heteroatoms. The molecule has 1 heterocycles. The predicted octanol–water partition coefficient (Wildman–Crippen LogP) is 2.26. The summed E-state index contributed by atoms with van der Waals surface area (Å²) in [4.78, 5) is 23.1. The van der Waals surface area contributed by atoms with E-state index in [0.29, 0.717) is 22.1 Å². The number of rotatable bonds is 3. The largest absolute Gasteiger partial charge is 0.508 e. The minimum Gasteiger partial charge on any atom is -0.508 e. The summed E-state index contributed by atoms with van der Waals surface area (Å²) in [7, 11) is 0. The number of hydrogen-bond donors (Lipinski definition) is 1. The summed E-state index contributed by atoms with van der Waals surface area (Å²) in [6.45, 7) is 1.71. The summed E-state index contributed by atoms with van der Waals surface area (Å²) in [5.41, 5.74) is 0.891. The van der Waals surface area contributed by atoms with E-state index in [1.165, 1.54) is 12.1 Å². The van der Waals surface area contributed by atoms with Gasteiger partial charge in [-0.15, -0.1) is 0 Å². The van der Waals surface area contributed by atoms with Gasteiger partial charge in [-0.25, -0.2) is 4.79 Å². The summed E-state index contributed by atoms with van der Waals surface area (Å²) in [5, 5.41) is 10.3. The van der Waals surface area contributed by atoms with E-state index >= 15 is 0 Å². The first-order valence-corrected chi connectivity index (χ1v) is 6.48. The van der Waals surface area contributed by atoms with Crippen LogP contribution in [0.5, 0.6) is 5.75 Å². The molecule has 1 aliphatic rings. The first kappa shape index (κ1) is 12.7. The van der Waals surface area contributed by atoms with Gasteiger partial charge in [-0.1, -0.05) is 0 Å². The minimum atomic E-state index is -0.524. The number of phenolic OH excluding ortho intramolecular Hbond substituents is 1. The van der Waals surface area contributed by atoms with Gasteiger partial charge in [-0.05, 0) is 31.9 Å². The number of carbonyl (C=O) groups is 1. The molecule has 1 saturated carbocycles. The SMILES string of the molecule is Cc1c(O)ccc2c(COC(=O)C3CC3)cc(=O)oc12. The molecule has 2 aromatic rings. The molecule has 0 saturated heterocycles. The van der Waals surface area contributed by atoms with Crippen molar-refractivity contribution in [3.05, 3.63) is 39.7 Å². The molecule has 1 aromatic carbocycles. The van der Waals surface area contributed by atoms with Crippen LogP contribution < -0.4 is 5.63 Å². The first-order valence-electron chi connectivity index (χ1n) is 6.48. The standard InChI is InChI=1S/C15H14O5/c1-8-12(16)5-4-11-10(6-13(17)20-14(8)11)7-19-15(18)9-2-3-9/h4-6,9,16H,2-3,7H2,1H3. The number of esters is 1. The normalized spacial score (nSPS) is 14.4. The lowest BCUT2D eigenvalue weighted by atomic mass is 10.1. The maximum atomic E-state index is 11.6. The van der Waals surface area contributed by atoms with E-state index < -0.39 is 5.63 Å². The lowest BCUT2D eigenvalue weighted by Crippen LogP contribution is -2.09. The van der Waals surface area contributed by atoms with E-state index in [-0.39, 0.29) is 24.2 Å². The van der Waals surface area contributed by atoms with E-state index in [1.807, 2.05) is 0 Å². The van der Waals surface area contributed by atoms with E-state index in [2.05, 4.69) is 0 Å². The molecule has 20 heavy (non-hydrogen) atoms. The van der Waals surface area contributed by atoms with E-state index in [4.69, 9.17) is 9.15 Å². The Morgan fingerprint density at radius 1 is 1.45 bits per heavy atom. The van der Waals surface area contributed by atoms with Gasteiger partial charge in [0.2, 0.25) is 0 Å². The van der Waals surface area contributed by atoms with Crippen LogP contribution in [0.4, 0.5) is 0 Å². The highest BCUT2D eigenvalue weighted by Gasteiger charge is 2.31. The van der Waals surface area contributed by atoms with E-state index in [9.17, 15) is 14.7 Å². The van der Waals surface area contributed by atoms with Crippen LogP contribution in [0.15, 0.2) is 27.4 Å². The number of phenols is 1. The second-order valence-corrected chi connectivity index (χ2v) is 5.06. The van der Waals surface area contributed by atoms with E-state index in [0.717, 1.165) is 12.8 Å². The molecule has 0 unspecified atom stereocenters. The van der Waals surface area contributed by atoms with Crippen LogP contribution in [0.25, 0.3) is 11.0 Å². The molecule has 5 nitrogen and oxygen atoms in total. The summed E-state index contributed by atoms with van der Waals surface area (Å²) in [5.74, 6) is -0.137. The summed E-state index contributed by atoms with van der Waals surface area (Å²) < 4.78 is 10.3. The van der Waals surface area contributed by atoms with Crippen molar-refractivity contribution in [2.75, 3.05) is 0 Å². The molecule has 0 atom stereocenters. The molecule has 1 N–H and O–H groups in total. The first-order chi connectivity index (χ1) is 9.56. The third kappa shape index (κ3) is 2.27. The van der Waals surface area contributed by atoms with Gasteiger partial charge in [0.15, 0.2) is 0 Å². The Bertz CT molecular complexity index is 740. The Hall–Kier alpha value is -2.30. The zero-order chi connectivity index (χ0) is 14.3. The Kier molecular flexibility index (Phi) is 2.97. The maximum Gasteiger partial charge on any atom is 0.336 e. The number of ether oxygens (including phenoxy) is 1. The molecule has 1 aliphatic carbocycles. The van der Waals surface area contributed by atoms with Crippen molar-refractivity contribution >= 4 is 16.9 Å². The molecular weight excluding hydrogens is 260 g/mol. The fourth-order valence-electron chi connectivity index (χ4n) is 2.12. The van der Waals surface area contributed by atoms with Gasteiger partial charge in [-0.3, -0.25) is 4.79 Å². The van der Waals surface area contributed by atoms with Crippen LogP contribution in [0.2, 0.25) is 0 Å². The van der Waals surface area contributed by atoms with Gasteiger partial charge in [-0.2, -0.15) is 0 Å². The zero-order valence-electron chi connectivity index (χ0n) is 11.0. The topological polar surface area (TPSA) is 76.7 Å². The Balaban J connectivity index is 1.99. The van der Waals surface area contributed by atoms with Crippen molar-refractivity contribution in [2.45, 2.75) is 26.4 Å². The Morgan fingerprint density at radius 2 is 2.20 bits per heavy atom. The smallest absolute Gasteiger partial charge is 0.336 e. The molecule has 0 amide bonds. The van der Waals surface area contributed by atoms with Gasteiger partial charge < -0.3 is 14.3 Å². The second-order valence-electron chi connectivity index (χ2n) is 5.06. The summed E-state index contributed by atoms with van der Waals surface area (Å²) >= 11 is 0. The molecule has 0 spiro atoms. The number of carbonyl (C=O) groups excluding carboxylic acids is 1. The van der Waals surface area contributed by atoms with Crippen molar-refractivity contribution in [3.8, 4) is 5.75 Å². The molecule has 0 bridgehead atoms. The number of aryl methyl sites for hydroxylation is 1. The van der Waals surface area contributed by atoms with Crippen molar-refractivity contribution in [2.24, 2.45) is 5.92 Å². The highest BCUT2D eigenvalue weighted by molar-refractivity contribution is 5.85. The van der Waals surface area contributed by atoms with Crippen LogP contribution >= 0.6 is 0 Å². The highest BCUT2D eigenvalue weighted by Crippen LogP contribution is 2.31. The van der Waals surface area contributed by atoms with Crippen LogP contribution in [-0.2, 0) is 16.1 Å². The number of benzene rings is 1. The summed E-state index contributed by atoms with van der Waals surface area (Å²) in [6.07, 6.45) is 1.76. The molecule has 1 aromatic heterocycles. The highest BCUT2D eigenvalue weighted by atomic mass is 16.5. The quantitative estimate of drug-likeness (QED) is 0.686. The van der Waals surface area contributed by atoms with Crippen LogP contribution in [0.3, 0.4) is 0 Å². The minimum absolute atomic E-state index is 0.0205. The van der Waals surface area contributed by atoms with Crippen molar-refractivity contribution in [1.82, 2.24) is 0 Å². The van der Waals surface area contributed by atoms with Gasteiger partial charge in [0.05, 0.1) is 5.92 Å². The molecule has 0 aliphatic heterocycles. The van der Waals surface area contributed by atoms with Crippen molar-refractivity contribution in [1.29, 1.82) is 0 Å². The van der Waals surface area contributed by atoms with Crippen LogP contribution in [-0.4, -0.2) is 11.1 Å². The monoisotopic (exact) mass is 274 g/mol. The maximum absolute atomic E-state index is 11.6. The third-order valence-corrected chi connectivity index (χ3v) is 3.50. The van der Waals surface area contributed by atoms with E-state index in [1.54, 1.807) is 13.0 Å². The average molecular weight is 274 g/mol. The average Bonchev–Trinajstić information content (AvgIpc) is 3.25. The van der Waals surface area contributed by atoms with Gasteiger partial charge in [0, 0.05) is 22.6 Å². The fraction of sp³-hybridized carbons (Fsp3) is 0.333. The number of fused-ring (bicyclic) bond motifs is 1. The Labute approximate surface area is 114 Å². The van der Waals surface area contributed by atoms with Crippen molar-refractivity contribution < 1.29 is 19.1 Å². The van der Waals surface area contributed by atoms with Crippen LogP contribution in [0.1, 0.15) is 24.0 Å². The molecule has 1 fully saturated rings. The van der Waals surface area contributed by atoms with Gasteiger partial charge >= 0.3 is 11.6 Å². The molecule has 104 valence electrons. The molecular formula is C15H14O5. The predicted molar refractivity (Wildman–Crippen MR) is 71.4 cm³/mol.